The molecule has 3 rings (SSSR count). The first-order valence-corrected chi connectivity index (χ1v) is 8.04. The van der Waals surface area contributed by atoms with Crippen LogP contribution < -0.4 is 15.6 Å². The number of hydrogen-bond acceptors (Lipinski definition) is 5. The molecule has 2 heterocycles. The van der Waals surface area contributed by atoms with Crippen LogP contribution >= 0.6 is 11.3 Å². The van der Waals surface area contributed by atoms with E-state index >= 15 is 0 Å². The first-order chi connectivity index (χ1) is 11.9. The fourth-order valence-corrected chi connectivity index (χ4v) is 3.29. The van der Waals surface area contributed by atoms with Crippen molar-refractivity contribution in [2.24, 2.45) is 0 Å². The summed E-state index contributed by atoms with van der Waals surface area (Å²) >= 11 is 1.20. The Morgan fingerprint density at radius 1 is 1.32 bits per heavy atom. The van der Waals surface area contributed by atoms with Crippen molar-refractivity contribution in [3.63, 3.8) is 0 Å². The third-order valence-corrected chi connectivity index (χ3v) is 4.42. The number of thiazole rings is 1. The Labute approximate surface area is 144 Å². The molecule has 0 spiro atoms. The summed E-state index contributed by atoms with van der Waals surface area (Å²) in [5.74, 6) is -2.25. The molecule has 6 nitrogen and oxygen atoms in total. The number of halogens is 2. The maximum absolute atomic E-state index is 13.2. The van der Waals surface area contributed by atoms with E-state index in [-0.39, 0.29) is 24.0 Å². The van der Waals surface area contributed by atoms with Gasteiger partial charge in [-0.1, -0.05) is 0 Å². The number of nitrogens with one attached hydrogen (secondary N) is 1. The molecule has 0 atom stereocenters. The molecular weight excluding hydrogens is 352 g/mol. The van der Waals surface area contributed by atoms with E-state index in [1.54, 1.807) is 6.92 Å². The summed E-state index contributed by atoms with van der Waals surface area (Å²) in [6.07, 6.45) is 0. The number of fused-ring (bicyclic) bond motifs is 1. The second kappa shape index (κ2) is 6.60. The summed E-state index contributed by atoms with van der Waals surface area (Å²) in [4.78, 5) is 29.6. The number of hydrogen-bond donors (Lipinski definition) is 1. The molecule has 0 saturated heterocycles. The molecule has 1 amide bonds. The Morgan fingerprint density at radius 2 is 2.08 bits per heavy atom. The summed E-state index contributed by atoms with van der Waals surface area (Å²) in [5, 5.41) is 2.49. The maximum Gasteiger partial charge on any atom is 0.269 e. The molecule has 0 radical (unpaired) electrons. The van der Waals surface area contributed by atoms with E-state index in [0.29, 0.717) is 15.5 Å². The van der Waals surface area contributed by atoms with Crippen LogP contribution in [0.25, 0.3) is 4.96 Å². The summed E-state index contributed by atoms with van der Waals surface area (Å²) in [7, 11) is 1.48. The van der Waals surface area contributed by atoms with Crippen LogP contribution in [0.3, 0.4) is 0 Å². The summed E-state index contributed by atoms with van der Waals surface area (Å²) in [6, 6.07) is 4.39. The second-order valence-electron chi connectivity index (χ2n) is 5.15. The van der Waals surface area contributed by atoms with Crippen molar-refractivity contribution in [1.82, 2.24) is 14.7 Å². The molecule has 0 aliphatic rings. The molecule has 0 unspecified atom stereocenters. The van der Waals surface area contributed by atoms with Crippen LogP contribution in [0.4, 0.5) is 8.78 Å². The van der Waals surface area contributed by atoms with Crippen molar-refractivity contribution in [2.75, 3.05) is 7.05 Å². The zero-order valence-corrected chi connectivity index (χ0v) is 14.1. The average Bonchev–Trinajstić information content (AvgIpc) is 2.91. The third-order valence-electron chi connectivity index (χ3n) is 3.46. The summed E-state index contributed by atoms with van der Waals surface area (Å²) in [5.41, 5.74) is 0.143. The van der Waals surface area contributed by atoms with Crippen molar-refractivity contribution < 1.29 is 18.3 Å². The lowest BCUT2D eigenvalue weighted by molar-refractivity contribution is 0.0956. The Bertz CT molecular complexity index is 1030. The molecule has 0 saturated carbocycles. The van der Waals surface area contributed by atoms with Gasteiger partial charge >= 0.3 is 0 Å². The highest BCUT2D eigenvalue weighted by Gasteiger charge is 2.18. The lowest BCUT2D eigenvalue weighted by Crippen LogP contribution is -2.26. The smallest absolute Gasteiger partial charge is 0.269 e. The lowest BCUT2D eigenvalue weighted by Gasteiger charge is -2.06. The number of aryl methyl sites for hydroxylation is 1. The number of ether oxygens (including phenoxy) is 1. The van der Waals surface area contributed by atoms with Gasteiger partial charge < -0.3 is 10.1 Å². The minimum atomic E-state index is -1.02. The number of carbonyl (C=O) groups excluding carboxylic acids is 1. The van der Waals surface area contributed by atoms with Crippen LogP contribution in [0.5, 0.6) is 5.75 Å². The van der Waals surface area contributed by atoms with Gasteiger partial charge in [0.25, 0.3) is 11.5 Å². The van der Waals surface area contributed by atoms with Crippen molar-refractivity contribution in [3.8, 4) is 5.75 Å². The standard InChI is InChI=1S/C16H13F2N3O3S/c1-8-14(15(23)19-2)21-13(22)5-9(20-16(21)25-8)7-24-10-3-4-11(17)12(18)6-10/h3-6H,7H2,1-2H3,(H,19,23). The van der Waals surface area contributed by atoms with Gasteiger partial charge in [0.2, 0.25) is 0 Å². The Morgan fingerprint density at radius 3 is 2.76 bits per heavy atom. The highest BCUT2D eigenvalue weighted by atomic mass is 32.1. The second-order valence-corrected chi connectivity index (χ2v) is 6.34. The van der Waals surface area contributed by atoms with E-state index in [1.807, 2.05) is 0 Å². The first-order valence-electron chi connectivity index (χ1n) is 7.22. The number of amides is 1. The van der Waals surface area contributed by atoms with Gasteiger partial charge in [-0.2, -0.15) is 0 Å². The normalized spacial score (nSPS) is 10.9. The fourth-order valence-electron chi connectivity index (χ4n) is 2.30. The zero-order valence-electron chi connectivity index (χ0n) is 13.3. The largest absolute Gasteiger partial charge is 0.487 e. The van der Waals surface area contributed by atoms with Gasteiger partial charge in [-0.05, 0) is 19.1 Å². The van der Waals surface area contributed by atoms with Crippen LogP contribution in [-0.4, -0.2) is 22.3 Å². The van der Waals surface area contributed by atoms with Gasteiger partial charge in [0.1, 0.15) is 18.1 Å². The lowest BCUT2D eigenvalue weighted by atomic mass is 10.3. The maximum atomic E-state index is 13.2. The van der Waals surface area contributed by atoms with Gasteiger partial charge in [0.05, 0.1) is 5.69 Å². The van der Waals surface area contributed by atoms with Crippen molar-refractivity contribution in [1.29, 1.82) is 0 Å². The van der Waals surface area contributed by atoms with Crippen LogP contribution in [0, 0.1) is 18.6 Å². The molecule has 0 bridgehead atoms. The minimum absolute atomic E-state index is 0.0942. The molecule has 130 valence electrons. The van der Waals surface area contributed by atoms with E-state index in [9.17, 15) is 18.4 Å². The van der Waals surface area contributed by atoms with E-state index in [0.717, 1.165) is 12.1 Å². The molecule has 0 fully saturated rings. The Kier molecular flexibility index (Phi) is 4.49. The van der Waals surface area contributed by atoms with Crippen molar-refractivity contribution in [3.05, 3.63) is 62.5 Å². The van der Waals surface area contributed by atoms with Gasteiger partial charge in [0.15, 0.2) is 16.6 Å². The predicted octanol–water partition coefficient (Wildman–Crippen LogP) is 2.28. The molecule has 25 heavy (non-hydrogen) atoms. The predicted molar refractivity (Wildman–Crippen MR) is 88.2 cm³/mol. The van der Waals surface area contributed by atoms with Crippen LogP contribution in [0.2, 0.25) is 0 Å². The van der Waals surface area contributed by atoms with E-state index in [2.05, 4.69) is 10.3 Å². The van der Waals surface area contributed by atoms with E-state index in [1.165, 1.54) is 34.9 Å². The minimum Gasteiger partial charge on any atom is -0.487 e. The quantitative estimate of drug-likeness (QED) is 0.770. The highest BCUT2D eigenvalue weighted by Crippen LogP contribution is 2.21. The molecule has 0 aliphatic heterocycles. The topological polar surface area (TPSA) is 72.7 Å². The van der Waals surface area contributed by atoms with E-state index in [4.69, 9.17) is 4.74 Å². The number of aromatic nitrogens is 2. The molecule has 0 aliphatic carbocycles. The number of benzene rings is 1. The van der Waals surface area contributed by atoms with Gasteiger partial charge in [-0.15, -0.1) is 11.3 Å². The molecule has 1 aromatic carbocycles. The van der Waals surface area contributed by atoms with Gasteiger partial charge in [-0.25, -0.2) is 18.2 Å². The van der Waals surface area contributed by atoms with Crippen LogP contribution in [0.1, 0.15) is 21.1 Å². The molecule has 9 heteroatoms. The molecule has 3 aromatic rings. The van der Waals surface area contributed by atoms with Crippen molar-refractivity contribution >= 4 is 22.2 Å². The molecule has 2 aromatic heterocycles. The third kappa shape index (κ3) is 3.22. The number of rotatable bonds is 4. The summed E-state index contributed by atoms with van der Waals surface area (Å²) < 4.78 is 32.7. The van der Waals surface area contributed by atoms with Crippen molar-refractivity contribution in [2.45, 2.75) is 13.5 Å². The fraction of sp³-hybridized carbons (Fsp3) is 0.188. The molecule has 1 N–H and O–H groups in total. The summed E-state index contributed by atoms with van der Waals surface area (Å²) in [6.45, 7) is 1.63. The Balaban J connectivity index is 1.92. The molecular formula is C16H13F2N3O3S. The monoisotopic (exact) mass is 365 g/mol. The number of carbonyl (C=O) groups is 1. The SMILES string of the molecule is CNC(=O)c1c(C)sc2nc(COc3ccc(F)c(F)c3)cc(=O)n12. The number of nitrogens with zero attached hydrogens (tertiary/aromatic N) is 2. The first kappa shape index (κ1) is 17.0. The van der Waals surface area contributed by atoms with Crippen LogP contribution in [0.15, 0.2) is 29.1 Å². The van der Waals surface area contributed by atoms with Gasteiger partial charge in [0, 0.05) is 24.1 Å². The van der Waals surface area contributed by atoms with Crippen LogP contribution in [-0.2, 0) is 6.61 Å². The highest BCUT2D eigenvalue weighted by molar-refractivity contribution is 7.17. The Hall–Kier alpha value is -2.81. The average molecular weight is 365 g/mol. The van der Waals surface area contributed by atoms with Gasteiger partial charge in [-0.3, -0.25) is 9.59 Å². The van der Waals surface area contributed by atoms with E-state index < -0.39 is 17.2 Å². The zero-order chi connectivity index (χ0) is 18.1.